The number of ether oxygens (including phenoxy) is 2. The molecular weight excluding hydrogens is 392 g/mol. The van der Waals surface area contributed by atoms with E-state index in [9.17, 15) is 13.8 Å². The van der Waals surface area contributed by atoms with Gasteiger partial charge in [0.15, 0.2) is 36.2 Å². The first-order chi connectivity index (χ1) is 13.4. The summed E-state index contributed by atoms with van der Waals surface area (Å²) >= 11 is 0. The van der Waals surface area contributed by atoms with Gasteiger partial charge in [0.25, 0.3) is 0 Å². The topological polar surface area (TPSA) is 135 Å². The van der Waals surface area contributed by atoms with E-state index in [1.54, 1.807) is 18.2 Å². The lowest BCUT2D eigenvalue weighted by atomic mass is 10.3. The fourth-order valence-electron chi connectivity index (χ4n) is 2.61. The average molecular weight is 407 g/mol. The molecule has 12 heteroatoms. The quantitative estimate of drug-likeness (QED) is 0.590. The van der Waals surface area contributed by atoms with Crippen LogP contribution in [-0.4, -0.2) is 37.1 Å². The minimum atomic E-state index is -4.12. The number of nitrogens with two attached hydrogens (primary N) is 1. The summed E-state index contributed by atoms with van der Waals surface area (Å²) in [4.78, 5) is 21.8. The summed E-state index contributed by atoms with van der Waals surface area (Å²) in [7, 11) is -4.12. The van der Waals surface area contributed by atoms with Crippen molar-refractivity contribution < 1.29 is 27.8 Å². The summed E-state index contributed by atoms with van der Waals surface area (Å²) in [5.41, 5.74) is 6.30. The lowest BCUT2D eigenvalue weighted by Gasteiger charge is -2.18. The number of anilines is 1. The van der Waals surface area contributed by atoms with Crippen molar-refractivity contribution in [1.29, 1.82) is 0 Å². The Morgan fingerprint density at radius 1 is 1.29 bits per heavy atom. The van der Waals surface area contributed by atoms with Crippen molar-refractivity contribution in [3.05, 3.63) is 54.9 Å². The van der Waals surface area contributed by atoms with E-state index in [-0.39, 0.29) is 17.2 Å². The Labute approximate surface area is 157 Å². The molecule has 1 aromatic carbocycles. The number of aromatic nitrogens is 4. The van der Waals surface area contributed by atoms with Crippen LogP contribution in [0.25, 0.3) is 11.2 Å². The minimum absolute atomic E-state index is 0.151. The van der Waals surface area contributed by atoms with Crippen molar-refractivity contribution in [3.63, 3.8) is 0 Å². The van der Waals surface area contributed by atoms with Crippen LogP contribution in [0.5, 0.6) is 5.75 Å². The molecule has 28 heavy (non-hydrogen) atoms. The Morgan fingerprint density at radius 2 is 2.07 bits per heavy atom. The molecule has 0 fully saturated rings. The van der Waals surface area contributed by atoms with E-state index in [1.807, 2.05) is 0 Å². The van der Waals surface area contributed by atoms with E-state index in [0.717, 1.165) is 6.08 Å². The zero-order valence-electron chi connectivity index (χ0n) is 14.3. The Bertz CT molecular complexity index is 1080. The van der Waals surface area contributed by atoms with Gasteiger partial charge >= 0.3 is 7.60 Å². The van der Waals surface area contributed by atoms with E-state index >= 15 is 0 Å². The first-order valence-corrected chi connectivity index (χ1v) is 9.83. The van der Waals surface area contributed by atoms with Crippen molar-refractivity contribution in [1.82, 2.24) is 19.5 Å². The SMILES string of the molecule is Nc1ncnc2c1ncn2C1O[C@H](OCP(=O)(O)Oc2ccccc2)C=C1F. The van der Waals surface area contributed by atoms with Crippen LogP contribution in [0.15, 0.2) is 54.9 Å². The van der Waals surface area contributed by atoms with E-state index in [2.05, 4.69) is 15.0 Å². The van der Waals surface area contributed by atoms with E-state index in [1.165, 1.54) is 29.4 Å². The van der Waals surface area contributed by atoms with Gasteiger partial charge in [-0.15, -0.1) is 0 Å². The van der Waals surface area contributed by atoms with Gasteiger partial charge in [-0.25, -0.2) is 23.9 Å². The third-order valence-corrected chi connectivity index (χ3v) is 4.80. The number of rotatable bonds is 6. The normalized spacial score (nSPS) is 21.4. The molecule has 3 heterocycles. The molecule has 2 aromatic heterocycles. The number of fused-ring (bicyclic) bond motifs is 1. The highest BCUT2D eigenvalue weighted by molar-refractivity contribution is 7.53. The number of para-hydroxylation sites is 1. The van der Waals surface area contributed by atoms with Crippen molar-refractivity contribution in [3.8, 4) is 5.75 Å². The number of imidazole rings is 1. The van der Waals surface area contributed by atoms with Crippen molar-refractivity contribution >= 4 is 24.6 Å². The summed E-state index contributed by atoms with van der Waals surface area (Å²) in [6, 6.07) is 8.12. The third-order valence-electron chi connectivity index (χ3n) is 3.83. The van der Waals surface area contributed by atoms with E-state index in [4.69, 9.17) is 19.7 Å². The first-order valence-electron chi connectivity index (χ1n) is 8.07. The molecule has 4 rings (SSSR count). The molecule has 1 aliphatic rings. The van der Waals surface area contributed by atoms with Crippen LogP contribution < -0.4 is 10.3 Å². The van der Waals surface area contributed by atoms with E-state index in [0.29, 0.717) is 5.52 Å². The molecule has 0 radical (unpaired) electrons. The molecule has 10 nitrogen and oxygen atoms in total. The molecular formula is C16H15FN5O5P. The van der Waals surface area contributed by atoms with Crippen molar-refractivity contribution in [2.45, 2.75) is 12.5 Å². The summed E-state index contributed by atoms with van der Waals surface area (Å²) in [5.74, 6) is -0.303. The fourth-order valence-corrected chi connectivity index (χ4v) is 3.45. The van der Waals surface area contributed by atoms with E-state index < -0.39 is 32.3 Å². The van der Waals surface area contributed by atoms with Gasteiger partial charge in [0, 0.05) is 6.08 Å². The van der Waals surface area contributed by atoms with Gasteiger partial charge in [-0.2, -0.15) is 0 Å². The Kier molecular flexibility index (Phi) is 4.82. The number of benzene rings is 1. The molecule has 0 saturated carbocycles. The van der Waals surface area contributed by atoms with Crippen molar-refractivity contribution in [2.75, 3.05) is 12.1 Å². The zero-order chi connectivity index (χ0) is 19.7. The van der Waals surface area contributed by atoms with Gasteiger partial charge in [0.2, 0.25) is 0 Å². The fraction of sp³-hybridized carbons (Fsp3) is 0.188. The Hall–Kier alpha value is -2.85. The van der Waals surface area contributed by atoms with Crippen LogP contribution in [0.2, 0.25) is 0 Å². The predicted molar refractivity (Wildman–Crippen MR) is 95.7 cm³/mol. The van der Waals surface area contributed by atoms with Gasteiger partial charge in [0.1, 0.15) is 17.6 Å². The van der Waals surface area contributed by atoms with Gasteiger partial charge in [-0.1, -0.05) is 18.2 Å². The minimum Gasteiger partial charge on any atom is -0.423 e. The lowest BCUT2D eigenvalue weighted by molar-refractivity contribution is -0.130. The number of halogens is 1. The second-order valence-corrected chi connectivity index (χ2v) is 7.54. The first kappa shape index (κ1) is 18.5. The molecule has 1 aliphatic heterocycles. The second-order valence-electron chi connectivity index (χ2n) is 5.83. The smallest absolute Gasteiger partial charge is 0.402 e. The molecule has 0 bridgehead atoms. The molecule has 146 valence electrons. The molecule has 2 unspecified atom stereocenters. The Balaban J connectivity index is 1.43. The number of hydrogen-bond donors (Lipinski definition) is 2. The summed E-state index contributed by atoms with van der Waals surface area (Å²) < 4.78 is 43.5. The van der Waals surface area contributed by atoms with Gasteiger partial charge < -0.3 is 24.6 Å². The second kappa shape index (κ2) is 7.28. The van der Waals surface area contributed by atoms with Gasteiger partial charge in [0.05, 0.1) is 6.33 Å². The monoisotopic (exact) mass is 407 g/mol. The maximum atomic E-state index is 14.4. The van der Waals surface area contributed by atoms with Crippen molar-refractivity contribution in [2.24, 2.45) is 0 Å². The summed E-state index contributed by atoms with van der Waals surface area (Å²) in [5, 5.41) is 0. The largest absolute Gasteiger partial charge is 0.423 e. The van der Waals surface area contributed by atoms with Crippen LogP contribution in [0, 0.1) is 0 Å². The standard InChI is InChI=1S/C16H15FN5O5P/c17-11-6-12(25-9-28(23,24)27-10-4-2-1-3-5-10)26-16(11)22-8-21-13-14(18)19-7-20-15(13)22/h1-8,12,16H,9H2,(H,23,24)(H2,18,19,20)/t12-,16?/m0/s1. The van der Waals surface area contributed by atoms with Crippen LogP contribution in [0.4, 0.5) is 10.2 Å². The maximum Gasteiger partial charge on any atom is 0.402 e. The molecule has 0 saturated heterocycles. The lowest BCUT2D eigenvalue weighted by Crippen LogP contribution is -2.17. The van der Waals surface area contributed by atoms with Crippen LogP contribution >= 0.6 is 7.60 Å². The van der Waals surface area contributed by atoms with Crippen LogP contribution in [-0.2, 0) is 14.0 Å². The van der Waals surface area contributed by atoms with Gasteiger partial charge in [-0.05, 0) is 12.1 Å². The molecule has 3 N–H and O–H groups in total. The molecule has 0 amide bonds. The molecule has 0 aliphatic carbocycles. The summed E-state index contributed by atoms with van der Waals surface area (Å²) in [6.45, 7) is 0. The highest BCUT2D eigenvalue weighted by Gasteiger charge is 2.33. The third kappa shape index (κ3) is 3.73. The maximum absolute atomic E-state index is 14.4. The zero-order valence-corrected chi connectivity index (χ0v) is 15.1. The van der Waals surface area contributed by atoms with Gasteiger partial charge in [-0.3, -0.25) is 4.57 Å². The number of hydrogen-bond acceptors (Lipinski definition) is 8. The Morgan fingerprint density at radius 3 is 2.86 bits per heavy atom. The highest BCUT2D eigenvalue weighted by atomic mass is 31.2. The predicted octanol–water partition coefficient (Wildman–Crippen LogP) is 2.36. The molecule has 0 spiro atoms. The summed E-state index contributed by atoms with van der Waals surface area (Å²) in [6.07, 6.45) is 0.500. The number of nitrogen functional groups attached to an aromatic ring is 1. The molecule has 3 aromatic rings. The number of nitrogens with zero attached hydrogens (tertiary/aromatic N) is 4. The average Bonchev–Trinajstić information content (AvgIpc) is 3.25. The highest BCUT2D eigenvalue weighted by Crippen LogP contribution is 2.43. The van der Waals surface area contributed by atoms with Crippen LogP contribution in [0.1, 0.15) is 6.23 Å². The van der Waals surface area contributed by atoms with Crippen LogP contribution in [0.3, 0.4) is 0 Å². The molecule has 3 atom stereocenters.